The predicted octanol–water partition coefficient (Wildman–Crippen LogP) is 3.00. The fraction of sp³-hybridized carbons (Fsp3) is 0.529. The summed E-state index contributed by atoms with van der Waals surface area (Å²) in [4.78, 5) is 23.9. The number of benzene rings is 1. The summed E-state index contributed by atoms with van der Waals surface area (Å²) in [5, 5.41) is 2.74. The summed E-state index contributed by atoms with van der Waals surface area (Å²) in [5.74, 6) is 0.149. The van der Waals surface area contributed by atoms with E-state index in [-0.39, 0.29) is 29.6 Å². The highest BCUT2D eigenvalue weighted by molar-refractivity contribution is 6.01. The van der Waals surface area contributed by atoms with Gasteiger partial charge in [0.15, 0.2) is 5.78 Å². The molecule has 20 heavy (non-hydrogen) atoms. The van der Waals surface area contributed by atoms with Crippen molar-refractivity contribution in [3.8, 4) is 0 Å². The van der Waals surface area contributed by atoms with Gasteiger partial charge in [0.2, 0.25) is 5.91 Å². The lowest BCUT2D eigenvalue weighted by molar-refractivity contribution is -0.122. The number of aryl methyl sites for hydroxylation is 1. The summed E-state index contributed by atoms with van der Waals surface area (Å²) >= 11 is 0. The molecule has 0 radical (unpaired) electrons. The van der Waals surface area contributed by atoms with Crippen LogP contribution in [0.15, 0.2) is 18.2 Å². The van der Waals surface area contributed by atoms with E-state index in [1.165, 1.54) is 0 Å². The molecule has 0 atom stereocenters. The van der Waals surface area contributed by atoms with Crippen molar-refractivity contribution in [2.45, 2.75) is 46.0 Å². The molecule has 0 bridgehead atoms. The van der Waals surface area contributed by atoms with Crippen LogP contribution < -0.4 is 5.32 Å². The standard InChI is InChI=1S/C17H23NO2/c1-11-5-8-13(17(2,3)4)9-14(11)15(19)10-18-16(20)12-6-7-12/h5,8-9,12H,6-7,10H2,1-4H3,(H,18,20). The smallest absolute Gasteiger partial charge is 0.223 e. The van der Waals surface area contributed by atoms with Crippen LogP contribution in [0.4, 0.5) is 0 Å². The van der Waals surface area contributed by atoms with Crippen LogP contribution in [-0.4, -0.2) is 18.2 Å². The molecule has 3 nitrogen and oxygen atoms in total. The Balaban J connectivity index is 2.10. The Morgan fingerprint density at radius 2 is 1.90 bits per heavy atom. The number of rotatable bonds is 4. The molecule has 1 aliphatic carbocycles. The lowest BCUT2D eigenvalue weighted by Gasteiger charge is -2.20. The SMILES string of the molecule is Cc1ccc(C(C)(C)C)cc1C(=O)CNC(=O)C1CC1. The molecule has 0 saturated heterocycles. The summed E-state index contributed by atoms with van der Waals surface area (Å²) in [6.45, 7) is 8.41. The summed E-state index contributed by atoms with van der Waals surface area (Å²) in [5.41, 5.74) is 2.83. The summed E-state index contributed by atoms with van der Waals surface area (Å²) in [6.07, 6.45) is 1.91. The molecule has 1 saturated carbocycles. The van der Waals surface area contributed by atoms with Crippen molar-refractivity contribution < 1.29 is 9.59 Å². The summed E-state index contributed by atoms with van der Waals surface area (Å²) in [6, 6.07) is 6.01. The van der Waals surface area contributed by atoms with E-state index in [4.69, 9.17) is 0 Å². The van der Waals surface area contributed by atoms with E-state index in [9.17, 15) is 9.59 Å². The molecule has 1 aromatic rings. The molecule has 1 amide bonds. The van der Waals surface area contributed by atoms with Crippen LogP contribution in [0, 0.1) is 12.8 Å². The number of Topliss-reactive ketones (excluding diaryl/α,β-unsaturated/α-hetero) is 1. The quantitative estimate of drug-likeness (QED) is 0.857. The number of carbonyl (C=O) groups excluding carboxylic acids is 2. The van der Waals surface area contributed by atoms with Crippen LogP contribution in [0.25, 0.3) is 0 Å². The fourth-order valence-electron chi connectivity index (χ4n) is 2.14. The van der Waals surface area contributed by atoms with E-state index in [1.807, 2.05) is 19.1 Å². The second-order valence-corrected chi connectivity index (χ2v) is 6.69. The van der Waals surface area contributed by atoms with Gasteiger partial charge in [-0.3, -0.25) is 9.59 Å². The highest BCUT2D eigenvalue weighted by Crippen LogP contribution is 2.28. The molecular weight excluding hydrogens is 250 g/mol. The minimum absolute atomic E-state index is 0.0115. The van der Waals surface area contributed by atoms with Crippen LogP contribution in [0.5, 0.6) is 0 Å². The summed E-state index contributed by atoms with van der Waals surface area (Å²) in [7, 11) is 0. The van der Waals surface area contributed by atoms with Gasteiger partial charge in [0.1, 0.15) is 0 Å². The third-order valence-corrected chi connectivity index (χ3v) is 3.78. The number of carbonyl (C=O) groups is 2. The third-order valence-electron chi connectivity index (χ3n) is 3.78. The minimum Gasteiger partial charge on any atom is -0.348 e. The normalized spacial score (nSPS) is 15.0. The van der Waals surface area contributed by atoms with Crippen molar-refractivity contribution in [3.63, 3.8) is 0 Å². The molecule has 0 aliphatic heterocycles. The Kier molecular flexibility index (Phi) is 3.98. The maximum Gasteiger partial charge on any atom is 0.223 e. The zero-order valence-electron chi connectivity index (χ0n) is 12.7. The van der Waals surface area contributed by atoms with Crippen molar-refractivity contribution in [1.82, 2.24) is 5.32 Å². The Labute approximate surface area is 120 Å². The molecule has 0 aromatic heterocycles. The monoisotopic (exact) mass is 273 g/mol. The molecule has 1 fully saturated rings. The van der Waals surface area contributed by atoms with E-state index >= 15 is 0 Å². The van der Waals surface area contributed by atoms with E-state index in [2.05, 4.69) is 32.2 Å². The first-order valence-electron chi connectivity index (χ1n) is 7.21. The average molecular weight is 273 g/mol. The van der Waals surface area contributed by atoms with Crippen molar-refractivity contribution in [2.24, 2.45) is 5.92 Å². The Morgan fingerprint density at radius 3 is 2.45 bits per heavy atom. The number of ketones is 1. The van der Waals surface area contributed by atoms with Gasteiger partial charge in [-0.15, -0.1) is 0 Å². The second kappa shape index (κ2) is 5.39. The van der Waals surface area contributed by atoms with E-state index in [0.29, 0.717) is 5.56 Å². The topological polar surface area (TPSA) is 46.2 Å². The largest absolute Gasteiger partial charge is 0.348 e. The molecule has 1 aromatic carbocycles. The van der Waals surface area contributed by atoms with Gasteiger partial charge in [-0.05, 0) is 42.4 Å². The molecule has 1 aliphatic rings. The molecule has 1 N–H and O–H groups in total. The van der Waals surface area contributed by atoms with Gasteiger partial charge < -0.3 is 5.32 Å². The van der Waals surface area contributed by atoms with Crippen LogP contribution >= 0.6 is 0 Å². The third kappa shape index (κ3) is 3.47. The maximum absolute atomic E-state index is 12.3. The first kappa shape index (κ1) is 14.8. The van der Waals surface area contributed by atoms with Gasteiger partial charge in [0, 0.05) is 11.5 Å². The van der Waals surface area contributed by atoms with Crippen LogP contribution in [0.1, 0.15) is 55.1 Å². The second-order valence-electron chi connectivity index (χ2n) is 6.69. The number of amides is 1. The van der Waals surface area contributed by atoms with Gasteiger partial charge in [-0.2, -0.15) is 0 Å². The van der Waals surface area contributed by atoms with Gasteiger partial charge in [0.05, 0.1) is 6.54 Å². The fourth-order valence-corrected chi connectivity index (χ4v) is 2.14. The van der Waals surface area contributed by atoms with Crippen LogP contribution in [0.3, 0.4) is 0 Å². The Hall–Kier alpha value is -1.64. The number of hydrogen-bond donors (Lipinski definition) is 1. The molecule has 0 heterocycles. The van der Waals surface area contributed by atoms with Gasteiger partial charge in [-0.25, -0.2) is 0 Å². The highest BCUT2D eigenvalue weighted by Gasteiger charge is 2.29. The zero-order chi connectivity index (χ0) is 14.9. The Bertz CT molecular complexity index is 536. The molecule has 2 rings (SSSR count). The van der Waals surface area contributed by atoms with Gasteiger partial charge >= 0.3 is 0 Å². The maximum atomic E-state index is 12.3. The van der Waals surface area contributed by atoms with Crippen molar-refractivity contribution in [2.75, 3.05) is 6.54 Å². The minimum atomic E-state index is -0.0115. The molecule has 0 spiro atoms. The van der Waals surface area contributed by atoms with Crippen LogP contribution in [-0.2, 0) is 10.2 Å². The van der Waals surface area contributed by atoms with E-state index in [0.717, 1.165) is 24.0 Å². The van der Waals surface area contributed by atoms with Gasteiger partial charge in [0.25, 0.3) is 0 Å². The summed E-state index contributed by atoms with van der Waals surface area (Å²) < 4.78 is 0. The lowest BCUT2D eigenvalue weighted by Crippen LogP contribution is -2.31. The number of nitrogens with one attached hydrogen (secondary N) is 1. The Morgan fingerprint density at radius 1 is 1.25 bits per heavy atom. The molecule has 3 heteroatoms. The lowest BCUT2D eigenvalue weighted by atomic mass is 9.85. The van der Waals surface area contributed by atoms with Crippen molar-refractivity contribution in [3.05, 3.63) is 34.9 Å². The zero-order valence-corrected chi connectivity index (χ0v) is 12.7. The molecule has 0 unspecified atom stereocenters. The first-order chi connectivity index (χ1) is 9.29. The highest BCUT2D eigenvalue weighted by atomic mass is 16.2. The van der Waals surface area contributed by atoms with E-state index in [1.54, 1.807) is 0 Å². The van der Waals surface area contributed by atoms with Crippen molar-refractivity contribution in [1.29, 1.82) is 0 Å². The van der Waals surface area contributed by atoms with Crippen molar-refractivity contribution >= 4 is 11.7 Å². The number of hydrogen-bond acceptors (Lipinski definition) is 2. The van der Waals surface area contributed by atoms with Crippen LogP contribution in [0.2, 0.25) is 0 Å². The van der Waals surface area contributed by atoms with E-state index < -0.39 is 0 Å². The molecular formula is C17H23NO2. The molecule has 108 valence electrons. The average Bonchev–Trinajstić information content (AvgIpc) is 3.18. The van der Waals surface area contributed by atoms with Gasteiger partial charge in [-0.1, -0.05) is 32.9 Å². The first-order valence-corrected chi connectivity index (χ1v) is 7.21. The predicted molar refractivity (Wildman–Crippen MR) is 79.9 cm³/mol.